The Morgan fingerprint density at radius 1 is 0.889 bits per heavy atom. The molecule has 0 bridgehead atoms. The summed E-state index contributed by atoms with van der Waals surface area (Å²) in [6.45, 7) is 1.09. The molecule has 0 radical (unpaired) electrons. The number of aromatic nitrogens is 2. The molecule has 3 aromatic rings. The number of ether oxygens (including phenoxy) is 2. The van der Waals surface area contributed by atoms with E-state index in [1.54, 1.807) is 12.1 Å². The minimum atomic E-state index is -0.136. The molecule has 0 aliphatic carbocycles. The number of carbonyl (C=O) groups is 1. The maximum atomic E-state index is 12.1. The fourth-order valence-corrected chi connectivity index (χ4v) is 2.70. The third-order valence-electron chi connectivity index (χ3n) is 3.95. The molecular formula is C20H18N4O3. The Labute approximate surface area is 156 Å². The molecule has 2 N–H and O–H groups in total. The largest absolute Gasteiger partial charge is 0.486 e. The van der Waals surface area contributed by atoms with Crippen LogP contribution in [0.3, 0.4) is 0 Å². The second-order valence-electron chi connectivity index (χ2n) is 6.00. The van der Waals surface area contributed by atoms with Gasteiger partial charge in [0.1, 0.15) is 13.2 Å². The van der Waals surface area contributed by atoms with Crippen molar-refractivity contribution in [3.63, 3.8) is 0 Å². The quantitative estimate of drug-likeness (QED) is 0.725. The van der Waals surface area contributed by atoms with Gasteiger partial charge in [0.2, 0.25) is 5.91 Å². The van der Waals surface area contributed by atoms with Crippen LogP contribution < -0.4 is 20.1 Å². The summed E-state index contributed by atoms with van der Waals surface area (Å²) >= 11 is 0. The second kappa shape index (κ2) is 7.74. The van der Waals surface area contributed by atoms with Gasteiger partial charge >= 0.3 is 0 Å². The number of rotatable bonds is 5. The predicted octanol–water partition coefficient (Wildman–Crippen LogP) is 3.17. The van der Waals surface area contributed by atoms with Crippen molar-refractivity contribution in [1.82, 2.24) is 10.2 Å². The normalized spacial score (nSPS) is 12.3. The summed E-state index contributed by atoms with van der Waals surface area (Å²) < 4.78 is 11.1. The maximum Gasteiger partial charge on any atom is 0.229 e. The zero-order valence-corrected chi connectivity index (χ0v) is 14.5. The first-order chi connectivity index (χ1) is 13.3. The van der Waals surface area contributed by atoms with E-state index in [0.717, 1.165) is 17.0 Å². The Kier molecular flexibility index (Phi) is 4.82. The molecule has 0 atom stereocenters. The fourth-order valence-electron chi connectivity index (χ4n) is 2.70. The number of anilines is 3. The molecule has 4 rings (SSSR count). The van der Waals surface area contributed by atoms with Crippen molar-refractivity contribution in [2.24, 2.45) is 0 Å². The molecule has 7 nitrogen and oxygen atoms in total. The molecular weight excluding hydrogens is 344 g/mol. The van der Waals surface area contributed by atoms with E-state index in [1.807, 2.05) is 48.5 Å². The molecule has 27 heavy (non-hydrogen) atoms. The van der Waals surface area contributed by atoms with Gasteiger partial charge in [0, 0.05) is 11.8 Å². The molecule has 0 saturated heterocycles. The van der Waals surface area contributed by atoms with Gasteiger partial charge in [-0.15, -0.1) is 10.2 Å². The van der Waals surface area contributed by atoms with Gasteiger partial charge in [-0.25, -0.2) is 0 Å². The molecule has 1 aliphatic rings. The van der Waals surface area contributed by atoms with Crippen LogP contribution in [-0.4, -0.2) is 29.3 Å². The van der Waals surface area contributed by atoms with E-state index in [-0.39, 0.29) is 5.91 Å². The summed E-state index contributed by atoms with van der Waals surface area (Å²) in [6.07, 6.45) is 0.291. The highest BCUT2D eigenvalue weighted by atomic mass is 16.6. The number of carbonyl (C=O) groups excluding carboxylic acids is 1. The number of hydrogen-bond donors (Lipinski definition) is 2. The van der Waals surface area contributed by atoms with Gasteiger partial charge in [-0.05, 0) is 29.8 Å². The lowest BCUT2D eigenvalue weighted by atomic mass is 10.1. The van der Waals surface area contributed by atoms with Crippen molar-refractivity contribution in [3.8, 4) is 11.5 Å². The summed E-state index contributed by atoms with van der Waals surface area (Å²) in [5.74, 6) is 2.26. The molecule has 0 saturated carbocycles. The molecule has 1 amide bonds. The van der Waals surface area contributed by atoms with Crippen LogP contribution in [0.25, 0.3) is 0 Å². The van der Waals surface area contributed by atoms with Gasteiger partial charge < -0.3 is 20.1 Å². The van der Waals surface area contributed by atoms with Crippen LogP contribution in [0.15, 0.2) is 60.7 Å². The Morgan fingerprint density at radius 3 is 2.41 bits per heavy atom. The van der Waals surface area contributed by atoms with Crippen molar-refractivity contribution in [1.29, 1.82) is 0 Å². The summed E-state index contributed by atoms with van der Waals surface area (Å²) in [7, 11) is 0. The van der Waals surface area contributed by atoms with Gasteiger partial charge in [-0.3, -0.25) is 4.79 Å². The van der Waals surface area contributed by atoms with Crippen molar-refractivity contribution in [2.45, 2.75) is 6.42 Å². The molecule has 0 fully saturated rings. The van der Waals surface area contributed by atoms with E-state index in [4.69, 9.17) is 9.47 Å². The molecule has 1 aromatic heterocycles. The van der Waals surface area contributed by atoms with Crippen molar-refractivity contribution in [3.05, 3.63) is 66.2 Å². The number of nitrogens with one attached hydrogen (secondary N) is 2. The Bertz CT molecular complexity index is 930. The minimum Gasteiger partial charge on any atom is -0.486 e. The average Bonchev–Trinajstić information content (AvgIpc) is 2.70. The molecule has 136 valence electrons. The standard InChI is InChI=1S/C20H18N4O3/c25-20(12-14-4-2-1-3-5-14)22-19-9-8-18(23-24-19)21-15-6-7-16-17(13-15)27-11-10-26-16/h1-9,13H,10-12H2,(H,21,23)(H,22,24,25). The molecule has 2 aromatic carbocycles. The van der Waals surface area contributed by atoms with Gasteiger partial charge in [0.05, 0.1) is 6.42 Å². The summed E-state index contributed by atoms with van der Waals surface area (Å²) in [5, 5.41) is 14.0. The summed E-state index contributed by atoms with van der Waals surface area (Å²) in [5.41, 5.74) is 1.76. The maximum absolute atomic E-state index is 12.1. The minimum absolute atomic E-state index is 0.136. The number of hydrogen-bond acceptors (Lipinski definition) is 6. The second-order valence-corrected chi connectivity index (χ2v) is 6.00. The average molecular weight is 362 g/mol. The first-order valence-corrected chi connectivity index (χ1v) is 8.60. The highest BCUT2D eigenvalue weighted by Crippen LogP contribution is 2.33. The van der Waals surface area contributed by atoms with Crippen LogP contribution in [0, 0.1) is 0 Å². The van der Waals surface area contributed by atoms with Gasteiger partial charge in [-0.1, -0.05) is 30.3 Å². The molecule has 1 aliphatic heterocycles. The molecule has 0 spiro atoms. The van der Waals surface area contributed by atoms with Crippen molar-refractivity contribution in [2.75, 3.05) is 23.8 Å². The third-order valence-corrected chi connectivity index (χ3v) is 3.95. The van der Waals surface area contributed by atoms with Gasteiger partial charge in [-0.2, -0.15) is 0 Å². The smallest absolute Gasteiger partial charge is 0.229 e. The zero-order valence-electron chi connectivity index (χ0n) is 14.5. The van der Waals surface area contributed by atoms with Crippen LogP contribution in [0.4, 0.5) is 17.3 Å². The molecule has 0 unspecified atom stereocenters. The van der Waals surface area contributed by atoms with Crippen LogP contribution in [0.1, 0.15) is 5.56 Å². The van der Waals surface area contributed by atoms with Crippen LogP contribution >= 0.6 is 0 Å². The van der Waals surface area contributed by atoms with Gasteiger partial charge in [0.15, 0.2) is 23.1 Å². The van der Waals surface area contributed by atoms with Crippen molar-refractivity contribution >= 4 is 23.2 Å². The Hall–Kier alpha value is -3.61. The molecule has 7 heteroatoms. The van der Waals surface area contributed by atoms with E-state index in [2.05, 4.69) is 20.8 Å². The lowest BCUT2D eigenvalue weighted by molar-refractivity contribution is -0.115. The lowest BCUT2D eigenvalue weighted by Gasteiger charge is -2.19. The van der Waals surface area contributed by atoms with Gasteiger partial charge in [0.25, 0.3) is 0 Å². The Balaban J connectivity index is 1.37. The summed E-state index contributed by atoms with van der Waals surface area (Å²) in [4.78, 5) is 12.1. The zero-order chi connectivity index (χ0) is 18.5. The topological polar surface area (TPSA) is 85.4 Å². The highest BCUT2D eigenvalue weighted by Gasteiger charge is 2.12. The van der Waals surface area contributed by atoms with Crippen molar-refractivity contribution < 1.29 is 14.3 Å². The summed E-state index contributed by atoms with van der Waals surface area (Å²) in [6, 6.07) is 18.6. The van der Waals surface area contributed by atoms with E-state index in [0.29, 0.717) is 37.0 Å². The first kappa shape index (κ1) is 16.8. The van der Waals surface area contributed by atoms with E-state index < -0.39 is 0 Å². The predicted molar refractivity (Wildman–Crippen MR) is 102 cm³/mol. The van der Waals surface area contributed by atoms with E-state index >= 15 is 0 Å². The van der Waals surface area contributed by atoms with Crippen LogP contribution in [0.2, 0.25) is 0 Å². The Morgan fingerprint density at radius 2 is 1.63 bits per heavy atom. The number of fused-ring (bicyclic) bond motifs is 1. The van der Waals surface area contributed by atoms with E-state index in [1.165, 1.54) is 0 Å². The number of amides is 1. The SMILES string of the molecule is O=C(Cc1ccccc1)Nc1ccc(Nc2ccc3c(c2)OCCO3)nn1. The number of nitrogens with zero attached hydrogens (tertiary/aromatic N) is 2. The fraction of sp³-hybridized carbons (Fsp3) is 0.150. The number of benzene rings is 2. The first-order valence-electron chi connectivity index (χ1n) is 8.60. The third kappa shape index (κ3) is 4.33. The highest BCUT2D eigenvalue weighted by molar-refractivity contribution is 5.91. The van der Waals surface area contributed by atoms with Crippen LogP contribution in [-0.2, 0) is 11.2 Å². The molecule has 2 heterocycles. The monoisotopic (exact) mass is 362 g/mol. The van der Waals surface area contributed by atoms with E-state index in [9.17, 15) is 4.79 Å². The van der Waals surface area contributed by atoms with Crippen LogP contribution in [0.5, 0.6) is 11.5 Å². The lowest BCUT2D eigenvalue weighted by Crippen LogP contribution is -2.16.